The summed E-state index contributed by atoms with van der Waals surface area (Å²) in [6, 6.07) is 16.2. The average molecular weight is 522 g/mol. The van der Waals surface area contributed by atoms with Crippen LogP contribution >= 0.6 is 22.9 Å². The van der Waals surface area contributed by atoms with Crippen LogP contribution in [0.25, 0.3) is 0 Å². The van der Waals surface area contributed by atoms with Crippen LogP contribution in [0.3, 0.4) is 0 Å². The molecule has 0 saturated carbocycles. The van der Waals surface area contributed by atoms with Gasteiger partial charge in [-0.3, -0.25) is 4.90 Å². The molecule has 1 aliphatic heterocycles. The molecule has 2 heterocycles. The monoisotopic (exact) mass is 521 g/mol. The van der Waals surface area contributed by atoms with E-state index < -0.39 is 16.1 Å². The van der Waals surface area contributed by atoms with Crippen LogP contribution < -0.4 is 19.8 Å². The van der Waals surface area contributed by atoms with Gasteiger partial charge in [-0.05, 0) is 29.8 Å². The number of thiazole rings is 1. The molecule has 180 valence electrons. The summed E-state index contributed by atoms with van der Waals surface area (Å²) in [5, 5.41) is 2.76. The summed E-state index contributed by atoms with van der Waals surface area (Å²) in [6.07, 6.45) is 0. The van der Waals surface area contributed by atoms with Crippen LogP contribution in [-0.4, -0.2) is 52.8 Å². The van der Waals surface area contributed by atoms with Crippen LogP contribution in [0.1, 0.15) is 5.56 Å². The molecule has 1 fully saturated rings. The molecule has 4 rings (SSSR count). The highest BCUT2D eigenvalue weighted by atomic mass is 35.5. The van der Waals surface area contributed by atoms with Gasteiger partial charge in [0.15, 0.2) is 14.5 Å². The number of sulfonamides is 1. The molecule has 1 aromatic heterocycles. The van der Waals surface area contributed by atoms with Crippen LogP contribution in [0.4, 0.5) is 21.3 Å². The van der Waals surface area contributed by atoms with Crippen molar-refractivity contribution in [2.24, 2.45) is 0 Å². The zero-order valence-electron chi connectivity index (χ0n) is 18.4. The topological polar surface area (TPSA) is 104 Å². The molecule has 34 heavy (non-hydrogen) atoms. The van der Waals surface area contributed by atoms with E-state index >= 15 is 0 Å². The van der Waals surface area contributed by atoms with Gasteiger partial charge in [0.25, 0.3) is 10.0 Å². The first-order chi connectivity index (χ1) is 16.3. The number of aromatic nitrogens is 1. The second kappa shape index (κ2) is 10.7. The Bertz CT molecular complexity index is 1230. The van der Waals surface area contributed by atoms with Crippen LogP contribution in [-0.2, 0) is 21.3 Å². The normalized spacial score (nSPS) is 14.1. The molecule has 0 radical (unpaired) electrons. The Morgan fingerprint density at radius 3 is 2.50 bits per heavy atom. The molecular formula is C22H24ClN5O4S2. The quantitative estimate of drug-likeness (QED) is 0.490. The number of carbonyl (C=O) groups is 1. The summed E-state index contributed by atoms with van der Waals surface area (Å²) in [5.74, 6) is 0. The number of nitrogens with zero attached hydrogens (tertiary/aromatic N) is 3. The number of hydrogen-bond acceptors (Lipinski definition) is 7. The van der Waals surface area contributed by atoms with Gasteiger partial charge in [-0.1, -0.05) is 53.3 Å². The van der Waals surface area contributed by atoms with E-state index in [-0.39, 0.29) is 21.0 Å². The summed E-state index contributed by atoms with van der Waals surface area (Å²) in [6.45, 7) is 3.15. The minimum Gasteiger partial charge on any atom is -0.378 e. The number of ether oxygens (including phenoxy) is 1. The summed E-state index contributed by atoms with van der Waals surface area (Å²) < 4.78 is 33.2. The average Bonchev–Trinajstić information content (AvgIpc) is 3.26. The van der Waals surface area contributed by atoms with Crippen LogP contribution in [0, 0.1) is 0 Å². The molecule has 2 aromatic carbocycles. The summed E-state index contributed by atoms with van der Waals surface area (Å²) in [4.78, 5) is 20.2. The molecule has 0 unspecified atom stereocenters. The number of urea groups is 1. The summed E-state index contributed by atoms with van der Waals surface area (Å²) in [7, 11) is -2.40. The van der Waals surface area contributed by atoms with Crippen molar-refractivity contribution in [1.82, 2.24) is 9.71 Å². The highest BCUT2D eigenvalue weighted by Gasteiger charge is 2.26. The van der Waals surface area contributed by atoms with E-state index in [0.29, 0.717) is 18.9 Å². The van der Waals surface area contributed by atoms with Gasteiger partial charge in [0, 0.05) is 38.1 Å². The Kier molecular flexibility index (Phi) is 7.69. The van der Waals surface area contributed by atoms with Crippen LogP contribution in [0.2, 0.25) is 5.15 Å². The highest BCUT2D eigenvalue weighted by molar-refractivity contribution is 7.91. The number of halogens is 1. The first-order valence-electron chi connectivity index (χ1n) is 10.5. The number of anilines is 3. The number of rotatable bonds is 7. The Labute approximate surface area is 207 Å². The predicted molar refractivity (Wildman–Crippen MR) is 134 cm³/mol. The van der Waals surface area contributed by atoms with E-state index in [9.17, 15) is 13.2 Å². The number of carbonyl (C=O) groups excluding carboxylic acids is 1. The lowest BCUT2D eigenvalue weighted by molar-refractivity contribution is 0.122. The van der Waals surface area contributed by atoms with Crippen molar-refractivity contribution < 1.29 is 17.9 Å². The molecule has 0 aliphatic carbocycles. The molecule has 0 bridgehead atoms. The fourth-order valence-electron chi connectivity index (χ4n) is 3.30. The van der Waals surface area contributed by atoms with Crippen molar-refractivity contribution in [3.63, 3.8) is 0 Å². The SMILES string of the molecule is CN(C(=O)Nc1ccc(N2CCOCC2)cc1)c1nc(Cl)c(S(=O)(=O)NCc2ccccc2)s1. The molecule has 2 N–H and O–H groups in total. The first kappa shape index (κ1) is 24.4. The van der Waals surface area contributed by atoms with Crippen molar-refractivity contribution >= 4 is 55.5 Å². The fraction of sp³-hybridized carbons (Fsp3) is 0.273. The van der Waals surface area contributed by atoms with E-state index in [2.05, 4.69) is 19.9 Å². The Morgan fingerprint density at radius 1 is 1.15 bits per heavy atom. The number of nitrogens with one attached hydrogen (secondary N) is 2. The van der Waals surface area contributed by atoms with Gasteiger partial charge < -0.3 is 15.0 Å². The molecule has 1 aliphatic rings. The lowest BCUT2D eigenvalue weighted by Crippen LogP contribution is -2.36. The molecule has 0 atom stereocenters. The van der Waals surface area contributed by atoms with Gasteiger partial charge >= 0.3 is 6.03 Å². The van der Waals surface area contributed by atoms with Crippen molar-refractivity contribution in [2.75, 3.05) is 48.5 Å². The van der Waals surface area contributed by atoms with E-state index in [1.165, 1.54) is 11.9 Å². The van der Waals surface area contributed by atoms with Crippen molar-refractivity contribution in [3.8, 4) is 0 Å². The minimum absolute atomic E-state index is 0.115. The number of amides is 2. The van der Waals surface area contributed by atoms with Gasteiger partial charge in [-0.25, -0.2) is 22.9 Å². The summed E-state index contributed by atoms with van der Waals surface area (Å²) in [5.41, 5.74) is 2.47. The number of benzene rings is 2. The molecule has 1 saturated heterocycles. The van der Waals surface area contributed by atoms with Gasteiger partial charge in [-0.15, -0.1) is 0 Å². The van der Waals surface area contributed by atoms with Gasteiger partial charge in [0.05, 0.1) is 13.2 Å². The zero-order valence-corrected chi connectivity index (χ0v) is 20.8. The minimum atomic E-state index is -3.90. The van der Waals surface area contributed by atoms with E-state index in [1.807, 2.05) is 54.6 Å². The smallest absolute Gasteiger partial charge is 0.327 e. The van der Waals surface area contributed by atoms with Crippen LogP contribution in [0.5, 0.6) is 0 Å². The molecule has 3 aromatic rings. The Morgan fingerprint density at radius 2 is 1.82 bits per heavy atom. The second-order valence-corrected chi connectivity index (χ2v) is 10.8. The number of morpholine rings is 1. The standard InChI is InChI=1S/C22H24ClN5O4S2/c1-27(21(29)25-17-7-9-18(10-8-17)28-11-13-32-14-12-28)22-26-19(23)20(33-22)34(30,31)24-15-16-5-3-2-4-6-16/h2-10,24H,11-15H2,1H3,(H,25,29). The van der Waals surface area contributed by atoms with Crippen LogP contribution in [0.15, 0.2) is 58.8 Å². The molecule has 2 amide bonds. The van der Waals surface area contributed by atoms with Crippen molar-refractivity contribution in [1.29, 1.82) is 0 Å². The largest absolute Gasteiger partial charge is 0.378 e. The predicted octanol–water partition coefficient (Wildman–Crippen LogP) is 3.78. The second-order valence-electron chi connectivity index (χ2n) is 7.52. The Hall–Kier alpha value is -2.70. The summed E-state index contributed by atoms with van der Waals surface area (Å²) >= 11 is 6.94. The van der Waals surface area contributed by atoms with E-state index in [4.69, 9.17) is 16.3 Å². The van der Waals surface area contributed by atoms with Gasteiger partial charge in [0.2, 0.25) is 0 Å². The molecule has 0 spiro atoms. The first-order valence-corrected chi connectivity index (χ1v) is 13.2. The fourth-order valence-corrected chi connectivity index (χ4v) is 6.10. The van der Waals surface area contributed by atoms with Crippen molar-refractivity contribution in [3.05, 3.63) is 65.3 Å². The van der Waals surface area contributed by atoms with Gasteiger partial charge in [0.1, 0.15) is 0 Å². The van der Waals surface area contributed by atoms with E-state index in [0.717, 1.165) is 35.7 Å². The third-order valence-corrected chi connectivity index (χ3v) is 8.72. The lowest BCUT2D eigenvalue weighted by atomic mass is 10.2. The highest BCUT2D eigenvalue weighted by Crippen LogP contribution is 2.33. The van der Waals surface area contributed by atoms with E-state index in [1.54, 1.807) is 0 Å². The third-order valence-electron chi connectivity index (χ3n) is 5.19. The maximum atomic E-state index is 12.7. The van der Waals surface area contributed by atoms with Gasteiger partial charge in [-0.2, -0.15) is 0 Å². The molecule has 9 nitrogen and oxygen atoms in total. The molecular weight excluding hydrogens is 498 g/mol. The Balaban J connectivity index is 1.40. The van der Waals surface area contributed by atoms with Crippen molar-refractivity contribution in [2.45, 2.75) is 10.8 Å². The maximum Gasteiger partial charge on any atom is 0.327 e. The zero-order chi connectivity index (χ0) is 24.1. The lowest BCUT2D eigenvalue weighted by Gasteiger charge is -2.29. The number of hydrogen-bond donors (Lipinski definition) is 2. The molecule has 12 heteroatoms. The maximum absolute atomic E-state index is 12.7. The third kappa shape index (κ3) is 5.86.